The van der Waals surface area contributed by atoms with Gasteiger partial charge in [0.1, 0.15) is 0 Å². The highest BCUT2D eigenvalue weighted by atomic mass is 32.2. The molecule has 2 rings (SSSR count). The molecule has 1 saturated heterocycles. The van der Waals surface area contributed by atoms with E-state index in [4.69, 9.17) is 10.5 Å². The lowest BCUT2D eigenvalue weighted by Gasteiger charge is -2.08. The molecule has 16 heavy (non-hydrogen) atoms. The summed E-state index contributed by atoms with van der Waals surface area (Å²) in [4.78, 5) is 0.818. The third-order valence-electron chi connectivity index (χ3n) is 2.77. The standard InChI is InChI=1S/C12H17NO2S/c13-10-3-1-5-12(9-10)16(14)8-6-11-4-2-7-15-11/h1,3,5,9,11H,2,4,6-8,13H2. The van der Waals surface area contributed by atoms with Crippen LogP contribution in [0.15, 0.2) is 29.2 Å². The van der Waals surface area contributed by atoms with Gasteiger partial charge in [-0.05, 0) is 37.5 Å². The summed E-state index contributed by atoms with van der Waals surface area (Å²) in [6.07, 6.45) is 3.43. The van der Waals surface area contributed by atoms with E-state index >= 15 is 0 Å². The Morgan fingerprint density at radius 1 is 1.50 bits per heavy atom. The number of benzene rings is 1. The van der Waals surface area contributed by atoms with Crippen molar-refractivity contribution >= 4 is 16.5 Å². The van der Waals surface area contributed by atoms with Gasteiger partial charge in [0.2, 0.25) is 0 Å². The van der Waals surface area contributed by atoms with Crippen molar-refractivity contribution in [3.8, 4) is 0 Å². The predicted molar refractivity (Wildman–Crippen MR) is 65.7 cm³/mol. The molecule has 88 valence electrons. The van der Waals surface area contributed by atoms with Gasteiger partial charge < -0.3 is 10.5 Å². The maximum Gasteiger partial charge on any atom is 0.0584 e. The summed E-state index contributed by atoms with van der Waals surface area (Å²) in [5, 5.41) is 0. The highest BCUT2D eigenvalue weighted by molar-refractivity contribution is 7.85. The second-order valence-corrected chi connectivity index (χ2v) is 5.62. The normalized spacial score (nSPS) is 22.1. The number of nitrogen functional groups attached to an aromatic ring is 1. The SMILES string of the molecule is Nc1cccc(S(=O)CCC2CCCO2)c1. The van der Waals surface area contributed by atoms with Crippen molar-refractivity contribution in [3.63, 3.8) is 0 Å². The molecular formula is C12H17NO2S. The highest BCUT2D eigenvalue weighted by Gasteiger charge is 2.16. The lowest BCUT2D eigenvalue weighted by molar-refractivity contribution is 0.109. The molecule has 3 nitrogen and oxygen atoms in total. The molecule has 0 radical (unpaired) electrons. The molecule has 2 unspecified atom stereocenters. The van der Waals surface area contributed by atoms with Crippen LogP contribution in [0.25, 0.3) is 0 Å². The lowest BCUT2D eigenvalue weighted by atomic mass is 10.2. The molecule has 1 aliphatic heterocycles. The van der Waals surface area contributed by atoms with Gasteiger partial charge in [0.15, 0.2) is 0 Å². The molecule has 0 bridgehead atoms. The highest BCUT2D eigenvalue weighted by Crippen LogP contribution is 2.18. The first-order valence-corrected chi connectivity index (χ1v) is 6.93. The summed E-state index contributed by atoms with van der Waals surface area (Å²) in [5.74, 6) is 0.661. The van der Waals surface area contributed by atoms with Crippen molar-refractivity contribution in [3.05, 3.63) is 24.3 Å². The van der Waals surface area contributed by atoms with Crippen molar-refractivity contribution in [1.29, 1.82) is 0 Å². The largest absolute Gasteiger partial charge is 0.399 e. The Morgan fingerprint density at radius 2 is 2.38 bits per heavy atom. The fourth-order valence-corrected chi connectivity index (χ4v) is 3.10. The zero-order valence-corrected chi connectivity index (χ0v) is 10.0. The van der Waals surface area contributed by atoms with E-state index in [1.807, 2.05) is 12.1 Å². The number of anilines is 1. The Bertz CT molecular complexity index is 375. The van der Waals surface area contributed by atoms with Gasteiger partial charge in [-0.25, -0.2) is 0 Å². The van der Waals surface area contributed by atoms with E-state index in [0.717, 1.165) is 30.8 Å². The molecule has 0 aliphatic carbocycles. The summed E-state index contributed by atoms with van der Waals surface area (Å²) in [6.45, 7) is 0.857. The van der Waals surface area contributed by atoms with Crippen molar-refractivity contribution in [2.75, 3.05) is 18.1 Å². The van der Waals surface area contributed by atoms with Crippen LogP contribution in [0.3, 0.4) is 0 Å². The maximum atomic E-state index is 12.0. The fraction of sp³-hybridized carbons (Fsp3) is 0.500. The van der Waals surface area contributed by atoms with Crippen LogP contribution in [0.1, 0.15) is 19.3 Å². The van der Waals surface area contributed by atoms with Crippen molar-refractivity contribution in [2.24, 2.45) is 0 Å². The van der Waals surface area contributed by atoms with Crippen LogP contribution in [0.4, 0.5) is 5.69 Å². The molecular weight excluding hydrogens is 222 g/mol. The number of hydrogen-bond donors (Lipinski definition) is 1. The second-order valence-electron chi connectivity index (χ2n) is 4.05. The third kappa shape index (κ3) is 3.06. The van der Waals surface area contributed by atoms with E-state index in [-0.39, 0.29) is 0 Å². The molecule has 1 aromatic rings. The van der Waals surface area contributed by atoms with Crippen molar-refractivity contribution in [1.82, 2.24) is 0 Å². The Balaban J connectivity index is 1.87. The van der Waals surface area contributed by atoms with Crippen LogP contribution < -0.4 is 5.73 Å². The first-order valence-electron chi connectivity index (χ1n) is 5.61. The number of hydrogen-bond acceptors (Lipinski definition) is 3. The summed E-state index contributed by atoms with van der Waals surface area (Å²) in [5.41, 5.74) is 6.32. The van der Waals surface area contributed by atoms with Gasteiger partial charge in [0, 0.05) is 22.9 Å². The molecule has 0 amide bonds. The Hall–Kier alpha value is -0.870. The maximum absolute atomic E-state index is 12.0. The number of ether oxygens (including phenoxy) is 1. The smallest absolute Gasteiger partial charge is 0.0584 e. The minimum atomic E-state index is -0.950. The average molecular weight is 239 g/mol. The Morgan fingerprint density at radius 3 is 3.06 bits per heavy atom. The van der Waals surface area contributed by atoms with Crippen molar-refractivity contribution < 1.29 is 8.95 Å². The molecule has 0 spiro atoms. The molecule has 1 fully saturated rings. The average Bonchev–Trinajstić information content (AvgIpc) is 2.78. The molecule has 2 N–H and O–H groups in total. The van der Waals surface area contributed by atoms with Crippen LogP contribution >= 0.6 is 0 Å². The summed E-state index contributed by atoms with van der Waals surface area (Å²) < 4.78 is 17.5. The van der Waals surface area contributed by atoms with E-state index in [2.05, 4.69) is 0 Å². The third-order valence-corrected chi connectivity index (χ3v) is 4.16. The Kier molecular flexibility index (Phi) is 3.96. The van der Waals surface area contributed by atoms with E-state index in [9.17, 15) is 4.21 Å². The minimum Gasteiger partial charge on any atom is -0.399 e. The molecule has 1 aliphatic rings. The first kappa shape index (κ1) is 11.6. The lowest BCUT2D eigenvalue weighted by Crippen LogP contribution is -2.10. The molecule has 4 heteroatoms. The van der Waals surface area contributed by atoms with Crippen LogP contribution in [0.2, 0.25) is 0 Å². The van der Waals surface area contributed by atoms with E-state index < -0.39 is 10.8 Å². The molecule has 1 heterocycles. The zero-order valence-electron chi connectivity index (χ0n) is 9.22. The van der Waals surface area contributed by atoms with Crippen LogP contribution in [0, 0.1) is 0 Å². The van der Waals surface area contributed by atoms with Gasteiger partial charge in [-0.15, -0.1) is 0 Å². The zero-order chi connectivity index (χ0) is 11.4. The minimum absolute atomic E-state index is 0.310. The van der Waals surface area contributed by atoms with Gasteiger partial charge in [-0.2, -0.15) is 0 Å². The fourth-order valence-electron chi connectivity index (χ4n) is 1.88. The summed E-state index contributed by atoms with van der Waals surface area (Å²) in [7, 11) is -0.950. The van der Waals surface area contributed by atoms with Gasteiger partial charge in [-0.1, -0.05) is 6.07 Å². The van der Waals surface area contributed by atoms with Gasteiger partial charge in [-0.3, -0.25) is 4.21 Å². The summed E-state index contributed by atoms with van der Waals surface area (Å²) >= 11 is 0. The quantitative estimate of drug-likeness (QED) is 0.817. The van der Waals surface area contributed by atoms with Crippen molar-refractivity contribution in [2.45, 2.75) is 30.3 Å². The number of rotatable bonds is 4. The van der Waals surface area contributed by atoms with Crippen LogP contribution in [0.5, 0.6) is 0 Å². The molecule has 0 saturated carbocycles. The Labute approximate surface area is 98.4 Å². The van der Waals surface area contributed by atoms with Crippen LogP contribution in [-0.2, 0) is 15.5 Å². The van der Waals surface area contributed by atoms with Crippen LogP contribution in [-0.4, -0.2) is 22.7 Å². The predicted octanol–water partition coefficient (Wildman–Crippen LogP) is 1.95. The monoisotopic (exact) mass is 239 g/mol. The van der Waals surface area contributed by atoms with Gasteiger partial charge in [0.05, 0.1) is 16.9 Å². The van der Waals surface area contributed by atoms with Gasteiger partial charge >= 0.3 is 0 Å². The second kappa shape index (κ2) is 5.46. The van der Waals surface area contributed by atoms with Gasteiger partial charge in [0.25, 0.3) is 0 Å². The van der Waals surface area contributed by atoms with E-state index in [1.54, 1.807) is 12.1 Å². The summed E-state index contributed by atoms with van der Waals surface area (Å²) in [6, 6.07) is 7.29. The van der Waals surface area contributed by atoms with E-state index in [0.29, 0.717) is 17.5 Å². The topological polar surface area (TPSA) is 52.3 Å². The molecule has 0 aromatic heterocycles. The first-order chi connectivity index (χ1) is 7.75. The molecule has 1 aromatic carbocycles. The number of nitrogens with two attached hydrogens (primary N) is 1. The van der Waals surface area contributed by atoms with E-state index in [1.165, 1.54) is 0 Å². The molecule has 2 atom stereocenters.